The summed E-state index contributed by atoms with van der Waals surface area (Å²) >= 11 is 2.83. The topological polar surface area (TPSA) is 0 Å². The van der Waals surface area contributed by atoms with Gasteiger partial charge in [-0.25, -0.2) is 0 Å². The van der Waals surface area contributed by atoms with Gasteiger partial charge in [0, 0.05) is 0 Å². The fraction of sp³-hybridized carbons (Fsp3) is 1.00. The monoisotopic (exact) mass is 142 g/mol. The maximum Gasteiger partial charge on any atom is -1.00 e. The van der Waals surface area contributed by atoms with Crippen LogP contribution in [0.1, 0.15) is 42.4 Å². The molecule has 0 rings (SSSR count). The first-order valence-electron chi connectivity index (χ1n) is 4.05. The van der Waals surface area contributed by atoms with E-state index >= 15 is 0 Å². The third-order valence-electron chi connectivity index (χ3n) is 1.88. The Hall–Kier alpha value is 0.532. The summed E-state index contributed by atoms with van der Waals surface area (Å²) in [6.07, 6.45) is 5.54. The quantitative estimate of drug-likeness (QED) is 0.517. The summed E-state index contributed by atoms with van der Waals surface area (Å²) in [5.41, 5.74) is 0. The zero-order valence-corrected chi connectivity index (χ0v) is 7.84. The van der Waals surface area contributed by atoms with Crippen molar-refractivity contribution in [2.75, 3.05) is 0 Å². The Balaban J connectivity index is -0.000000320. The van der Waals surface area contributed by atoms with Crippen LogP contribution in [0.15, 0.2) is 0 Å². The minimum absolute atomic E-state index is 0. The molecule has 9 heavy (non-hydrogen) atoms. The molecule has 0 N–H and O–H groups in total. The first kappa shape index (κ1) is 9.53. The number of hydrogen-bond donors (Lipinski definition) is 0. The van der Waals surface area contributed by atoms with Crippen LogP contribution in [0.5, 0.6) is 0 Å². The van der Waals surface area contributed by atoms with Crippen LogP contribution < -0.4 is 0 Å². The van der Waals surface area contributed by atoms with Gasteiger partial charge in [0.15, 0.2) is 0 Å². The second-order valence-electron chi connectivity index (χ2n) is 2.65. The van der Waals surface area contributed by atoms with E-state index in [0.29, 0.717) is 0 Å². The Morgan fingerprint density at radius 1 is 1.44 bits per heavy atom. The molecule has 0 saturated carbocycles. The molecule has 0 heterocycles. The Morgan fingerprint density at radius 2 is 2.11 bits per heavy atom. The molecule has 0 aliphatic heterocycles. The van der Waals surface area contributed by atoms with Crippen molar-refractivity contribution in [1.82, 2.24) is 0 Å². The van der Waals surface area contributed by atoms with E-state index in [4.69, 9.17) is 0 Å². The number of hydrogen-bond acceptors (Lipinski definition) is 0. The average molecular weight is 142 g/mol. The molecule has 0 nitrogen and oxygen atoms in total. The Morgan fingerprint density at radius 3 is 2.44 bits per heavy atom. The predicted octanol–water partition coefficient (Wildman–Crippen LogP) is 3.01. The second kappa shape index (κ2) is 6.65. The van der Waals surface area contributed by atoms with Crippen LogP contribution in [0.4, 0.5) is 0 Å². The molecule has 0 aliphatic carbocycles. The van der Waals surface area contributed by atoms with Crippen molar-refractivity contribution in [2.45, 2.75) is 44.8 Å². The zero-order chi connectivity index (χ0) is 7.11. The summed E-state index contributed by atoms with van der Waals surface area (Å²) in [5.74, 6) is 0.968. The molecule has 1 heteroatoms. The molecule has 0 aromatic heterocycles. The van der Waals surface area contributed by atoms with Crippen LogP contribution in [0.25, 0.3) is 0 Å². The maximum absolute atomic E-state index is 2.83. The number of unbranched alkanes of at least 4 members (excludes halogenated alkanes) is 1. The van der Waals surface area contributed by atoms with Crippen molar-refractivity contribution in [3.63, 3.8) is 0 Å². The summed E-state index contributed by atoms with van der Waals surface area (Å²) in [7, 11) is 0. The Bertz CT molecular complexity index is 56.1. The molecule has 54 valence electrons. The largest absolute Gasteiger partial charge is 1.00 e. The zero-order valence-electron chi connectivity index (χ0n) is 8.69. The summed E-state index contributed by atoms with van der Waals surface area (Å²) < 4.78 is 0. The molecule has 0 aromatic carbocycles. The third kappa shape index (κ3) is 5.00. The van der Waals surface area contributed by atoms with Crippen molar-refractivity contribution in [3.8, 4) is 0 Å². The predicted molar refractivity (Wildman–Crippen MR) is 46.1 cm³/mol. The van der Waals surface area contributed by atoms with Gasteiger partial charge in [-0.1, -0.05) is 0 Å². The van der Waals surface area contributed by atoms with Crippen LogP contribution in [0.3, 0.4) is 0 Å². The SMILES string of the molecule is CCCCC(CC)[CH2][Al+2].[H-].[H-]. The summed E-state index contributed by atoms with van der Waals surface area (Å²) in [6.45, 7) is 4.54. The molecule has 0 bridgehead atoms. The molecule has 0 fully saturated rings. The minimum Gasteiger partial charge on any atom is -1.00 e. The molecule has 1 atom stereocenters. The van der Waals surface area contributed by atoms with Crippen molar-refractivity contribution >= 4 is 16.3 Å². The van der Waals surface area contributed by atoms with E-state index in [-0.39, 0.29) is 2.85 Å². The Labute approximate surface area is 70.4 Å². The average Bonchev–Trinajstić information content (AvgIpc) is 1.91. The van der Waals surface area contributed by atoms with Crippen molar-refractivity contribution in [2.24, 2.45) is 5.92 Å². The first-order chi connectivity index (χ1) is 4.35. The van der Waals surface area contributed by atoms with Gasteiger partial charge in [-0.15, -0.1) is 0 Å². The molecular formula is C8H19Al. The normalized spacial score (nSPS) is 13.8. The second-order valence-corrected chi connectivity index (χ2v) is 3.12. The van der Waals surface area contributed by atoms with Gasteiger partial charge in [-0.05, 0) is 0 Å². The van der Waals surface area contributed by atoms with Gasteiger partial charge in [0.2, 0.25) is 0 Å². The van der Waals surface area contributed by atoms with Gasteiger partial charge < -0.3 is 2.85 Å². The van der Waals surface area contributed by atoms with Gasteiger partial charge in [0.05, 0.1) is 0 Å². The van der Waals surface area contributed by atoms with Gasteiger partial charge in [-0.3, -0.25) is 0 Å². The standard InChI is InChI=1S/C8H17.Al.2H/c1-4-6-7-8(3)5-2;;;/h8H,3-7H2,1-2H3;;;/q;+2;2*-1. The minimum atomic E-state index is 0. The van der Waals surface area contributed by atoms with Crippen LogP contribution in [0.2, 0.25) is 5.28 Å². The number of rotatable bonds is 5. The Kier molecular flexibility index (Phi) is 7.04. The van der Waals surface area contributed by atoms with E-state index in [0.717, 1.165) is 5.92 Å². The molecule has 0 aliphatic rings. The van der Waals surface area contributed by atoms with Gasteiger partial charge >= 0.3 is 67.0 Å². The summed E-state index contributed by atoms with van der Waals surface area (Å²) in [4.78, 5) is 0. The van der Waals surface area contributed by atoms with Crippen LogP contribution in [-0.2, 0) is 0 Å². The molecular weight excluding hydrogens is 123 g/mol. The third-order valence-corrected chi connectivity index (χ3v) is 2.54. The molecule has 0 radical (unpaired) electrons. The summed E-state index contributed by atoms with van der Waals surface area (Å²) in [5, 5.41) is 1.29. The van der Waals surface area contributed by atoms with E-state index in [1.54, 1.807) is 0 Å². The summed E-state index contributed by atoms with van der Waals surface area (Å²) in [6, 6.07) is 0. The molecule has 0 spiro atoms. The van der Waals surface area contributed by atoms with E-state index < -0.39 is 0 Å². The molecule has 0 aromatic rings. The van der Waals surface area contributed by atoms with Crippen LogP contribution in [0, 0.1) is 5.92 Å². The van der Waals surface area contributed by atoms with E-state index in [1.807, 2.05) is 0 Å². The van der Waals surface area contributed by atoms with Gasteiger partial charge in [0.1, 0.15) is 0 Å². The van der Waals surface area contributed by atoms with E-state index in [1.165, 1.54) is 31.0 Å². The maximum atomic E-state index is 2.83. The fourth-order valence-electron chi connectivity index (χ4n) is 0.981. The molecule has 1 unspecified atom stereocenters. The van der Waals surface area contributed by atoms with Gasteiger partial charge in [0.25, 0.3) is 0 Å². The fourth-order valence-corrected chi connectivity index (χ4v) is 1.55. The van der Waals surface area contributed by atoms with Crippen LogP contribution in [-0.4, -0.2) is 16.3 Å². The molecule has 0 saturated heterocycles. The van der Waals surface area contributed by atoms with Crippen molar-refractivity contribution in [3.05, 3.63) is 0 Å². The van der Waals surface area contributed by atoms with E-state index in [9.17, 15) is 0 Å². The van der Waals surface area contributed by atoms with Gasteiger partial charge in [-0.2, -0.15) is 0 Å². The van der Waals surface area contributed by atoms with E-state index in [2.05, 4.69) is 30.1 Å². The van der Waals surface area contributed by atoms with Crippen molar-refractivity contribution < 1.29 is 2.85 Å². The first-order valence-corrected chi connectivity index (χ1v) is 4.86. The van der Waals surface area contributed by atoms with Crippen molar-refractivity contribution in [1.29, 1.82) is 0 Å². The van der Waals surface area contributed by atoms with Crippen LogP contribution >= 0.6 is 0 Å². The molecule has 0 amide bonds. The smallest absolute Gasteiger partial charge is 1.00 e.